The molecule has 1 aromatic heterocycles. The zero-order valence-electron chi connectivity index (χ0n) is 25.0. The summed E-state index contributed by atoms with van der Waals surface area (Å²) in [6.45, 7) is 8.58. The van der Waals surface area contributed by atoms with E-state index in [0.717, 1.165) is 22.3 Å². The van der Waals surface area contributed by atoms with Gasteiger partial charge in [-0.1, -0.05) is 50.2 Å². The predicted molar refractivity (Wildman–Crippen MR) is 166 cm³/mol. The summed E-state index contributed by atoms with van der Waals surface area (Å²) in [6, 6.07) is 20.9. The molecular weight excluding hydrogens is 564 g/mol. The molecule has 43 heavy (non-hydrogen) atoms. The van der Waals surface area contributed by atoms with Gasteiger partial charge in [0.25, 0.3) is 15.9 Å². The third kappa shape index (κ3) is 6.80. The van der Waals surface area contributed by atoms with Crippen molar-refractivity contribution >= 4 is 21.9 Å². The maximum absolute atomic E-state index is 14.1. The van der Waals surface area contributed by atoms with Crippen LogP contribution in [0.2, 0.25) is 0 Å². The summed E-state index contributed by atoms with van der Waals surface area (Å²) in [5.74, 6) is 0.764. The lowest BCUT2D eigenvalue weighted by atomic mass is 10.00. The van der Waals surface area contributed by atoms with Gasteiger partial charge in [-0.3, -0.25) is 4.79 Å². The molecular formula is C33H36N4O5S. The standard InChI is InChI=1S/C33H36N4O5S/c1-21(2)16-26-20-42-30-18-29(31-22(3)8-6-9-23(31)4)34-33(35-30)36-43(39,40)28-11-7-10-25(17-28)32(38)37(26)19-24-12-14-27(41-5)15-13-24/h6-15,17-18,21,26H,16,19-20H2,1-5H3,(H,34,35,36)/t26-/m1/s1. The van der Waals surface area contributed by atoms with Crippen molar-refractivity contribution in [2.24, 2.45) is 5.92 Å². The van der Waals surface area contributed by atoms with E-state index in [1.807, 2.05) is 56.3 Å². The van der Waals surface area contributed by atoms with Crippen LogP contribution in [0.15, 0.2) is 77.7 Å². The van der Waals surface area contributed by atoms with Crippen LogP contribution in [0.25, 0.3) is 11.3 Å². The van der Waals surface area contributed by atoms with Gasteiger partial charge in [-0.25, -0.2) is 18.1 Å². The van der Waals surface area contributed by atoms with E-state index in [1.165, 1.54) is 12.1 Å². The maximum Gasteiger partial charge on any atom is 0.264 e. The summed E-state index contributed by atoms with van der Waals surface area (Å²) >= 11 is 0. The molecule has 1 N–H and O–H groups in total. The highest BCUT2D eigenvalue weighted by molar-refractivity contribution is 7.92. The van der Waals surface area contributed by atoms with Gasteiger partial charge in [0.15, 0.2) is 0 Å². The van der Waals surface area contributed by atoms with Gasteiger partial charge in [-0.05, 0) is 73.2 Å². The van der Waals surface area contributed by atoms with Crippen LogP contribution in [0.3, 0.4) is 0 Å². The molecule has 1 aliphatic rings. The number of anilines is 1. The molecule has 2 heterocycles. The first-order chi connectivity index (χ1) is 20.5. The van der Waals surface area contributed by atoms with Crippen molar-refractivity contribution in [3.63, 3.8) is 0 Å². The lowest BCUT2D eigenvalue weighted by Crippen LogP contribution is -2.44. The van der Waals surface area contributed by atoms with Crippen LogP contribution >= 0.6 is 0 Å². The quantitative estimate of drug-likeness (QED) is 0.288. The van der Waals surface area contributed by atoms with Gasteiger partial charge < -0.3 is 14.4 Å². The zero-order valence-corrected chi connectivity index (χ0v) is 25.8. The summed E-state index contributed by atoms with van der Waals surface area (Å²) in [5, 5.41) is 0. The van der Waals surface area contributed by atoms with Crippen LogP contribution in [0.4, 0.5) is 5.95 Å². The average Bonchev–Trinajstić information content (AvgIpc) is 2.97. The van der Waals surface area contributed by atoms with E-state index < -0.39 is 10.0 Å². The zero-order chi connectivity index (χ0) is 30.7. The molecule has 4 bridgehead atoms. The highest BCUT2D eigenvalue weighted by atomic mass is 32.2. The number of aromatic nitrogens is 2. The van der Waals surface area contributed by atoms with Gasteiger partial charge in [-0.2, -0.15) is 4.98 Å². The number of rotatable bonds is 6. The van der Waals surface area contributed by atoms with E-state index in [4.69, 9.17) is 9.47 Å². The molecule has 5 rings (SSSR count). The normalized spacial score (nSPS) is 16.4. The van der Waals surface area contributed by atoms with E-state index in [1.54, 1.807) is 30.2 Å². The number of ether oxygens (including phenoxy) is 2. The third-order valence-corrected chi connectivity index (χ3v) is 8.76. The number of aryl methyl sites for hydroxylation is 2. The molecule has 0 aliphatic carbocycles. The molecule has 0 unspecified atom stereocenters. The van der Waals surface area contributed by atoms with Gasteiger partial charge in [0, 0.05) is 23.7 Å². The molecule has 0 radical (unpaired) electrons. The number of fused-ring (bicyclic) bond motifs is 4. The summed E-state index contributed by atoms with van der Waals surface area (Å²) in [4.78, 5) is 24.9. The van der Waals surface area contributed by atoms with E-state index in [2.05, 4.69) is 28.5 Å². The highest BCUT2D eigenvalue weighted by Gasteiger charge is 2.29. The first-order valence-electron chi connectivity index (χ1n) is 14.2. The van der Waals surface area contributed by atoms with Crippen molar-refractivity contribution in [1.29, 1.82) is 0 Å². The predicted octanol–water partition coefficient (Wildman–Crippen LogP) is 6.02. The Labute approximate surface area is 253 Å². The second kappa shape index (κ2) is 12.4. The van der Waals surface area contributed by atoms with Crippen molar-refractivity contribution in [2.45, 2.75) is 51.6 Å². The number of carbonyl (C=O) groups excluding carboxylic acids is 1. The fourth-order valence-corrected chi connectivity index (χ4v) is 6.33. The minimum atomic E-state index is -4.13. The second-order valence-electron chi connectivity index (χ2n) is 11.2. The largest absolute Gasteiger partial charge is 0.497 e. The van der Waals surface area contributed by atoms with Gasteiger partial charge >= 0.3 is 0 Å². The molecule has 9 nitrogen and oxygen atoms in total. The monoisotopic (exact) mass is 600 g/mol. The minimum Gasteiger partial charge on any atom is -0.497 e. The SMILES string of the molecule is COc1ccc(CN2C(=O)c3cccc(c3)S(=O)(=O)Nc3nc(cc(-c4c(C)cccc4C)n3)OC[C@H]2CC(C)C)cc1. The first-order valence-corrected chi connectivity index (χ1v) is 15.7. The molecule has 1 atom stereocenters. The topological polar surface area (TPSA) is 111 Å². The van der Waals surface area contributed by atoms with Crippen molar-refractivity contribution < 1.29 is 22.7 Å². The van der Waals surface area contributed by atoms with Crippen LogP contribution in [0.5, 0.6) is 11.6 Å². The van der Waals surface area contributed by atoms with E-state index in [0.29, 0.717) is 24.4 Å². The Bertz CT molecular complexity index is 1720. The van der Waals surface area contributed by atoms with E-state index in [-0.39, 0.29) is 46.8 Å². The molecule has 3 aromatic carbocycles. The molecule has 0 saturated heterocycles. The molecule has 1 amide bonds. The number of amides is 1. The average molecular weight is 601 g/mol. The van der Waals surface area contributed by atoms with Gasteiger partial charge in [0.2, 0.25) is 11.8 Å². The van der Waals surface area contributed by atoms with Gasteiger partial charge in [0.05, 0.1) is 23.7 Å². The summed E-state index contributed by atoms with van der Waals surface area (Å²) < 4.78 is 41.2. The fraction of sp³-hybridized carbons (Fsp3) is 0.303. The summed E-state index contributed by atoms with van der Waals surface area (Å²) in [5.41, 5.74) is 4.54. The fourth-order valence-electron chi connectivity index (χ4n) is 5.34. The van der Waals surface area contributed by atoms with Gasteiger partial charge in [-0.15, -0.1) is 0 Å². The van der Waals surface area contributed by atoms with Crippen molar-refractivity contribution in [3.8, 4) is 22.9 Å². The molecule has 0 saturated carbocycles. The lowest BCUT2D eigenvalue weighted by molar-refractivity contribution is 0.0553. The Kier molecular flexibility index (Phi) is 8.68. The van der Waals surface area contributed by atoms with Crippen molar-refractivity contribution in [2.75, 3.05) is 18.4 Å². The number of sulfonamides is 1. The van der Waals surface area contributed by atoms with Crippen molar-refractivity contribution in [1.82, 2.24) is 14.9 Å². The Balaban J connectivity index is 1.65. The summed E-state index contributed by atoms with van der Waals surface area (Å²) in [6.07, 6.45) is 0.653. The maximum atomic E-state index is 14.1. The van der Waals surface area contributed by atoms with Crippen LogP contribution in [-0.2, 0) is 16.6 Å². The molecule has 1 aliphatic heterocycles. The smallest absolute Gasteiger partial charge is 0.264 e. The number of methoxy groups -OCH3 is 1. The Morgan fingerprint density at radius 3 is 2.37 bits per heavy atom. The molecule has 0 spiro atoms. The third-order valence-electron chi connectivity index (χ3n) is 7.44. The lowest BCUT2D eigenvalue weighted by Gasteiger charge is -2.33. The molecule has 4 aromatic rings. The molecule has 224 valence electrons. The number of carbonyl (C=O) groups is 1. The number of nitrogens with zero attached hydrogens (tertiary/aromatic N) is 3. The van der Waals surface area contributed by atoms with E-state index in [9.17, 15) is 13.2 Å². The van der Waals surface area contributed by atoms with Crippen LogP contribution in [0, 0.1) is 19.8 Å². The molecule has 0 fully saturated rings. The Morgan fingerprint density at radius 1 is 1.00 bits per heavy atom. The van der Waals surface area contributed by atoms with Crippen LogP contribution in [-0.4, -0.2) is 49.0 Å². The Hall–Kier alpha value is -4.44. The number of nitrogens with one attached hydrogen (secondary N) is 1. The second-order valence-corrected chi connectivity index (χ2v) is 12.9. The highest BCUT2D eigenvalue weighted by Crippen LogP contribution is 2.30. The van der Waals surface area contributed by atoms with Gasteiger partial charge in [0.1, 0.15) is 12.4 Å². The summed E-state index contributed by atoms with van der Waals surface area (Å²) in [7, 11) is -2.53. The Morgan fingerprint density at radius 2 is 1.70 bits per heavy atom. The number of hydrogen-bond acceptors (Lipinski definition) is 7. The first kappa shape index (κ1) is 30.0. The number of benzene rings is 3. The van der Waals surface area contributed by atoms with E-state index >= 15 is 0 Å². The minimum absolute atomic E-state index is 0.0639. The van der Waals surface area contributed by atoms with Crippen molar-refractivity contribution in [3.05, 3.63) is 95.1 Å². The van der Waals surface area contributed by atoms with Crippen LogP contribution in [0.1, 0.15) is 47.3 Å². The van der Waals surface area contributed by atoms with Crippen LogP contribution < -0.4 is 14.2 Å². The molecule has 10 heteroatoms. The number of hydrogen-bond donors (Lipinski definition) is 1.